The van der Waals surface area contributed by atoms with Gasteiger partial charge in [0.15, 0.2) is 11.5 Å². The smallest absolute Gasteiger partial charge is 0.230 e. The van der Waals surface area contributed by atoms with Gasteiger partial charge in [-0.05, 0) is 49.6 Å². The second kappa shape index (κ2) is 11.2. The van der Waals surface area contributed by atoms with Gasteiger partial charge in [0, 0.05) is 24.8 Å². The van der Waals surface area contributed by atoms with Gasteiger partial charge in [0.1, 0.15) is 11.6 Å². The van der Waals surface area contributed by atoms with E-state index >= 15 is 0 Å². The summed E-state index contributed by atoms with van der Waals surface area (Å²) in [7, 11) is 1.68. The summed E-state index contributed by atoms with van der Waals surface area (Å²) in [5.74, 6) is 3.46. The summed E-state index contributed by atoms with van der Waals surface area (Å²) in [4.78, 5) is 9.40. The Bertz CT molecular complexity index is 1050. The number of nitrogens with zero attached hydrogens (tertiary/aromatic N) is 2. The van der Waals surface area contributed by atoms with E-state index in [9.17, 15) is 0 Å². The van der Waals surface area contributed by atoms with Crippen molar-refractivity contribution in [3.05, 3.63) is 78.0 Å². The number of pyridine rings is 1. The maximum absolute atomic E-state index is 6.23. The van der Waals surface area contributed by atoms with Gasteiger partial charge in [0.2, 0.25) is 5.88 Å². The zero-order chi connectivity index (χ0) is 22.0. The Balaban J connectivity index is 1.65. The molecular weight excluding hydrogens is 402 g/mol. The van der Waals surface area contributed by atoms with Crippen LogP contribution < -0.4 is 19.5 Å². The van der Waals surface area contributed by atoms with E-state index < -0.39 is 0 Å². The quantitative estimate of drug-likeness (QED) is 0.604. The number of amidine groups is 1. The molecule has 1 aromatic heterocycles. The number of para-hydroxylation sites is 3. The minimum atomic E-state index is 0.492. The molecule has 4 rings (SSSR count). The number of rotatable bonds is 3. The summed E-state index contributed by atoms with van der Waals surface area (Å²) in [6.07, 6.45) is 5.98. The average Bonchev–Trinajstić information content (AvgIpc) is 2.84. The fraction of sp³-hybridized carbons (Fsp3) is 0.308. The molecule has 0 spiro atoms. The molecule has 0 amide bonds. The van der Waals surface area contributed by atoms with E-state index in [1.165, 1.54) is 0 Å². The van der Waals surface area contributed by atoms with Crippen LogP contribution in [0.5, 0.6) is 23.1 Å². The predicted molar refractivity (Wildman–Crippen MR) is 126 cm³/mol. The monoisotopic (exact) mass is 431 g/mol. The lowest BCUT2D eigenvalue weighted by atomic mass is 10.1. The molecule has 166 valence electrons. The van der Waals surface area contributed by atoms with E-state index in [-0.39, 0.29) is 0 Å². The third kappa shape index (κ3) is 5.58. The number of benzene rings is 2. The van der Waals surface area contributed by atoms with Gasteiger partial charge in [0.25, 0.3) is 0 Å². The number of hydrogen-bond donors (Lipinski definition) is 1. The van der Waals surface area contributed by atoms with Crippen molar-refractivity contribution >= 4 is 5.84 Å². The van der Waals surface area contributed by atoms with Crippen LogP contribution in [0.3, 0.4) is 0 Å². The zero-order valence-electron chi connectivity index (χ0n) is 18.4. The zero-order valence-corrected chi connectivity index (χ0v) is 18.4. The highest BCUT2D eigenvalue weighted by Gasteiger charge is 2.16. The molecule has 0 unspecified atom stereocenters. The first-order valence-corrected chi connectivity index (χ1v) is 11.1. The first-order chi connectivity index (χ1) is 15.8. The Labute approximate surface area is 189 Å². The molecule has 1 N–H and O–H groups in total. The molecule has 6 heteroatoms. The lowest BCUT2D eigenvalue weighted by Crippen LogP contribution is -2.25. The third-order valence-electron chi connectivity index (χ3n) is 5.30. The Morgan fingerprint density at radius 3 is 2.62 bits per heavy atom. The van der Waals surface area contributed by atoms with Gasteiger partial charge >= 0.3 is 0 Å². The Morgan fingerprint density at radius 1 is 0.906 bits per heavy atom. The molecule has 2 aromatic carbocycles. The van der Waals surface area contributed by atoms with Crippen molar-refractivity contribution in [3.8, 4) is 23.1 Å². The minimum Gasteiger partial charge on any atom is -0.496 e. The summed E-state index contributed by atoms with van der Waals surface area (Å²) < 4.78 is 17.7. The highest BCUT2D eigenvalue weighted by atomic mass is 16.5. The van der Waals surface area contributed by atoms with Crippen molar-refractivity contribution in [1.82, 2.24) is 10.3 Å². The summed E-state index contributed by atoms with van der Waals surface area (Å²) >= 11 is 0. The molecule has 0 atom stereocenters. The molecule has 0 radical (unpaired) electrons. The molecule has 0 aliphatic carbocycles. The summed E-state index contributed by atoms with van der Waals surface area (Å²) in [6.45, 7) is 1.99. The maximum atomic E-state index is 6.23. The Kier molecular flexibility index (Phi) is 7.58. The third-order valence-corrected chi connectivity index (χ3v) is 5.30. The van der Waals surface area contributed by atoms with E-state index in [1.54, 1.807) is 13.3 Å². The van der Waals surface area contributed by atoms with Crippen molar-refractivity contribution in [2.75, 3.05) is 20.3 Å². The van der Waals surface area contributed by atoms with Gasteiger partial charge in [-0.3, -0.25) is 4.99 Å². The molecule has 1 aliphatic heterocycles. The maximum Gasteiger partial charge on any atom is 0.230 e. The van der Waals surface area contributed by atoms with Gasteiger partial charge in [-0.1, -0.05) is 36.8 Å². The average molecular weight is 432 g/mol. The number of hydrogen-bond acceptors (Lipinski definition) is 6. The Morgan fingerprint density at radius 2 is 1.72 bits per heavy atom. The first kappa shape index (κ1) is 21.7. The number of ether oxygens (including phenoxy) is 3. The fourth-order valence-corrected chi connectivity index (χ4v) is 3.61. The Hall–Kier alpha value is -3.54. The number of fused-ring (bicyclic) bond motifs is 2. The van der Waals surface area contributed by atoms with Crippen LogP contribution in [0, 0.1) is 0 Å². The topological polar surface area (TPSA) is 65.0 Å². The molecule has 32 heavy (non-hydrogen) atoms. The predicted octanol–water partition coefficient (Wildman–Crippen LogP) is 5.37. The summed E-state index contributed by atoms with van der Waals surface area (Å²) in [6, 6.07) is 19.6. The van der Waals surface area contributed by atoms with Gasteiger partial charge in [-0.2, -0.15) is 0 Å². The van der Waals surface area contributed by atoms with E-state index in [0.717, 1.165) is 60.7 Å². The van der Waals surface area contributed by atoms with Crippen LogP contribution in [0.4, 0.5) is 0 Å². The molecule has 1 aliphatic rings. The molecule has 2 heterocycles. The van der Waals surface area contributed by atoms with Gasteiger partial charge < -0.3 is 19.5 Å². The normalized spacial score (nSPS) is 14.5. The van der Waals surface area contributed by atoms with Crippen LogP contribution in [-0.2, 0) is 6.54 Å². The number of nitrogens with one attached hydrogen (secondary N) is 1. The molecule has 3 aromatic rings. The van der Waals surface area contributed by atoms with E-state index in [4.69, 9.17) is 19.2 Å². The van der Waals surface area contributed by atoms with Crippen molar-refractivity contribution < 1.29 is 14.2 Å². The second-order valence-electron chi connectivity index (χ2n) is 7.56. The minimum absolute atomic E-state index is 0.492. The summed E-state index contributed by atoms with van der Waals surface area (Å²) in [5, 5.41) is 3.49. The standard InChI is InChI=1S/C26H29N3O3/c1-30-22-13-5-4-11-20(22)19-29-25-21-12-10-17-28-26(21)32-24-15-7-6-14-23(24)31-18-9-3-2-8-16-27-25/h4-7,10-15,17H,2-3,8-9,16,18-19H2,1H3,(H,27,29). The van der Waals surface area contributed by atoms with Gasteiger partial charge in [-0.25, -0.2) is 4.98 Å². The molecular formula is C26H29N3O3. The van der Waals surface area contributed by atoms with Crippen LogP contribution in [0.2, 0.25) is 0 Å². The summed E-state index contributed by atoms with van der Waals surface area (Å²) in [5.41, 5.74) is 1.87. The number of aliphatic imine (C=N–C) groups is 1. The van der Waals surface area contributed by atoms with E-state index in [1.807, 2.05) is 60.7 Å². The van der Waals surface area contributed by atoms with Crippen LogP contribution in [-0.4, -0.2) is 31.1 Å². The second-order valence-corrected chi connectivity index (χ2v) is 7.56. The van der Waals surface area contributed by atoms with Crippen LogP contribution >= 0.6 is 0 Å². The van der Waals surface area contributed by atoms with E-state index in [0.29, 0.717) is 24.8 Å². The van der Waals surface area contributed by atoms with Crippen LogP contribution in [0.15, 0.2) is 71.9 Å². The highest BCUT2D eigenvalue weighted by Crippen LogP contribution is 2.32. The molecule has 0 saturated carbocycles. The molecule has 6 nitrogen and oxygen atoms in total. The largest absolute Gasteiger partial charge is 0.496 e. The fourth-order valence-electron chi connectivity index (χ4n) is 3.61. The first-order valence-electron chi connectivity index (χ1n) is 11.1. The van der Waals surface area contributed by atoms with Crippen molar-refractivity contribution in [2.24, 2.45) is 4.99 Å². The van der Waals surface area contributed by atoms with Crippen LogP contribution in [0.1, 0.15) is 36.8 Å². The van der Waals surface area contributed by atoms with Crippen molar-refractivity contribution in [1.29, 1.82) is 0 Å². The SMILES string of the molecule is COc1ccccc1CNC1=NCCCCCCOc2ccccc2Oc2ncccc21. The lowest BCUT2D eigenvalue weighted by molar-refractivity contribution is 0.290. The van der Waals surface area contributed by atoms with Gasteiger partial charge in [0.05, 0.1) is 19.3 Å². The van der Waals surface area contributed by atoms with E-state index in [2.05, 4.69) is 10.3 Å². The molecule has 0 saturated heterocycles. The van der Waals surface area contributed by atoms with Gasteiger partial charge in [-0.15, -0.1) is 0 Å². The lowest BCUT2D eigenvalue weighted by Gasteiger charge is -2.17. The van der Waals surface area contributed by atoms with Crippen molar-refractivity contribution in [3.63, 3.8) is 0 Å². The molecule has 0 bridgehead atoms. The number of aromatic nitrogens is 1. The number of methoxy groups -OCH3 is 1. The van der Waals surface area contributed by atoms with Crippen LogP contribution in [0.25, 0.3) is 0 Å². The molecule has 0 fully saturated rings. The highest BCUT2D eigenvalue weighted by molar-refractivity contribution is 6.00. The van der Waals surface area contributed by atoms with Crippen molar-refractivity contribution in [2.45, 2.75) is 32.2 Å².